The third kappa shape index (κ3) is 3.81. The predicted octanol–water partition coefficient (Wildman–Crippen LogP) is 3.85. The van der Waals surface area contributed by atoms with Crippen molar-refractivity contribution in [1.29, 1.82) is 0 Å². The van der Waals surface area contributed by atoms with E-state index in [1.165, 1.54) is 12.1 Å². The molecule has 1 unspecified atom stereocenters. The van der Waals surface area contributed by atoms with Crippen LogP contribution in [0.4, 0.5) is 10.1 Å². The summed E-state index contributed by atoms with van der Waals surface area (Å²) in [6.45, 7) is 3.87. The van der Waals surface area contributed by atoms with E-state index in [2.05, 4.69) is 5.32 Å². The Morgan fingerprint density at radius 2 is 1.95 bits per heavy atom. The Kier molecular flexibility index (Phi) is 4.93. The maximum atomic E-state index is 13.2. The number of halogens is 1. The molecule has 0 aliphatic rings. The van der Waals surface area contributed by atoms with Gasteiger partial charge in [-0.15, -0.1) is 0 Å². The lowest BCUT2D eigenvalue weighted by Crippen LogP contribution is -2.23. The van der Waals surface area contributed by atoms with Gasteiger partial charge < -0.3 is 10.1 Å². The molecule has 3 nitrogen and oxygen atoms in total. The summed E-state index contributed by atoms with van der Waals surface area (Å²) in [5.41, 5.74) is 2.25. The van der Waals surface area contributed by atoms with E-state index in [1.54, 1.807) is 19.9 Å². The van der Waals surface area contributed by atoms with E-state index in [4.69, 9.17) is 4.74 Å². The Hall–Kier alpha value is -2.36. The molecule has 0 fully saturated rings. The molecular formula is C17H18FNO2. The summed E-state index contributed by atoms with van der Waals surface area (Å²) in [6, 6.07) is 13.1. The zero-order chi connectivity index (χ0) is 15.2. The number of anilines is 1. The normalized spacial score (nSPS) is 11.8. The van der Waals surface area contributed by atoms with E-state index < -0.39 is 6.04 Å². The highest BCUT2D eigenvalue weighted by atomic mass is 19.1. The van der Waals surface area contributed by atoms with Crippen LogP contribution < -0.4 is 5.32 Å². The maximum Gasteiger partial charge on any atom is 0.333 e. The van der Waals surface area contributed by atoms with Gasteiger partial charge in [-0.25, -0.2) is 9.18 Å². The second-order valence-electron chi connectivity index (χ2n) is 4.70. The number of hydrogen-bond acceptors (Lipinski definition) is 3. The minimum Gasteiger partial charge on any atom is -0.464 e. The predicted molar refractivity (Wildman–Crippen MR) is 80.6 cm³/mol. The average Bonchev–Trinajstić information content (AvgIpc) is 2.47. The molecule has 0 bridgehead atoms. The molecule has 110 valence electrons. The van der Waals surface area contributed by atoms with Crippen LogP contribution in [0.1, 0.15) is 24.1 Å². The first-order valence-corrected chi connectivity index (χ1v) is 6.86. The molecule has 0 aliphatic heterocycles. The fourth-order valence-corrected chi connectivity index (χ4v) is 2.09. The molecule has 0 saturated heterocycles. The van der Waals surface area contributed by atoms with E-state index in [9.17, 15) is 9.18 Å². The van der Waals surface area contributed by atoms with Crippen LogP contribution in [0.15, 0.2) is 48.5 Å². The number of aryl methyl sites for hydroxylation is 1. The highest BCUT2D eigenvalue weighted by molar-refractivity contribution is 5.81. The number of hydrogen-bond donors (Lipinski definition) is 1. The van der Waals surface area contributed by atoms with Gasteiger partial charge >= 0.3 is 5.97 Å². The van der Waals surface area contributed by atoms with Crippen molar-refractivity contribution in [2.75, 3.05) is 11.9 Å². The summed E-state index contributed by atoms with van der Waals surface area (Å²) < 4.78 is 18.3. The zero-order valence-electron chi connectivity index (χ0n) is 12.1. The standard InChI is InChI=1S/C17H18FNO2/c1-3-21-17(20)16(13-7-5-4-6-8-13)19-15-10-9-14(18)11-12(15)2/h4-11,16,19H,3H2,1-2H3. The van der Waals surface area contributed by atoms with Gasteiger partial charge in [0.15, 0.2) is 6.04 Å². The number of esters is 1. The third-order valence-electron chi connectivity index (χ3n) is 3.14. The van der Waals surface area contributed by atoms with Gasteiger partial charge in [0.25, 0.3) is 0 Å². The number of rotatable bonds is 5. The van der Waals surface area contributed by atoms with Gasteiger partial charge in [-0.1, -0.05) is 30.3 Å². The Labute approximate surface area is 123 Å². The third-order valence-corrected chi connectivity index (χ3v) is 3.14. The molecule has 2 aromatic carbocycles. The van der Waals surface area contributed by atoms with E-state index in [-0.39, 0.29) is 11.8 Å². The molecule has 0 aliphatic carbocycles. The van der Waals surface area contributed by atoms with E-state index in [1.807, 2.05) is 30.3 Å². The fourth-order valence-electron chi connectivity index (χ4n) is 2.09. The number of nitrogens with one attached hydrogen (secondary N) is 1. The monoisotopic (exact) mass is 287 g/mol. The van der Waals surface area contributed by atoms with Gasteiger partial charge in [-0.05, 0) is 43.2 Å². The molecule has 0 amide bonds. The molecule has 1 N–H and O–H groups in total. The number of carbonyl (C=O) groups is 1. The Morgan fingerprint density at radius 3 is 2.57 bits per heavy atom. The second kappa shape index (κ2) is 6.88. The van der Waals surface area contributed by atoms with Crippen molar-refractivity contribution in [3.63, 3.8) is 0 Å². The first-order chi connectivity index (χ1) is 10.1. The summed E-state index contributed by atoms with van der Waals surface area (Å²) in [6.07, 6.45) is 0. The van der Waals surface area contributed by atoms with Gasteiger partial charge in [0.1, 0.15) is 5.82 Å². The molecule has 4 heteroatoms. The summed E-state index contributed by atoms with van der Waals surface area (Å²) in [5, 5.41) is 3.13. The van der Waals surface area contributed by atoms with Crippen LogP contribution in [-0.2, 0) is 9.53 Å². The van der Waals surface area contributed by atoms with E-state index in [0.717, 1.165) is 11.1 Å². The van der Waals surface area contributed by atoms with Crippen molar-refractivity contribution in [2.24, 2.45) is 0 Å². The Morgan fingerprint density at radius 1 is 1.24 bits per heavy atom. The number of ether oxygens (including phenoxy) is 1. The number of benzene rings is 2. The van der Waals surface area contributed by atoms with Crippen LogP contribution in [0.3, 0.4) is 0 Å². The van der Waals surface area contributed by atoms with Gasteiger partial charge in [-0.3, -0.25) is 0 Å². The van der Waals surface area contributed by atoms with Gasteiger partial charge in [0, 0.05) is 5.69 Å². The van der Waals surface area contributed by atoms with Crippen LogP contribution in [0.5, 0.6) is 0 Å². The van der Waals surface area contributed by atoms with Crippen LogP contribution in [0, 0.1) is 12.7 Å². The SMILES string of the molecule is CCOC(=O)C(Nc1ccc(F)cc1C)c1ccccc1. The second-order valence-corrected chi connectivity index (χ2v) is 4.70. The molecule has 2 aromatic rings. The minimum atomic E-state index is -0.615. The summed E-state index contributed by atoms with van der Waals surface area (Å²) in [5.74, 6) is -0.655. The van der Waals surface area contributed by atoms with Crippen LogP contribution in [0.25, 0.3) is 0 Å². The first-order valence-electron chi connectivity index (χ1n) is 6.86. The van der Waals surface area contributed by atoms with Crippen molar-refractivity contribution >= 4 is 11.7 Å². The molecule has 0 aromatic heterocycles. The van der Waals surface area contributed by atoms with Crippen LogP contribution in [0.2, 0.25) is 0 Å². The molecule has 1 atom stereocenters. The topological polar surface area (TPSA) is 38.3 Å². The lowest BCUT2D eigenvalue weighted by molar-refractivity contribution is -0.144. The number of carbonyl (C=O) groups excluding carboxylic acids is 1. The smallest absolute Gasteiger partial charge is 0.333 e. The molecule has 0 heterocycles. The largest absolute Gasteiger partial charge is 0.464 e. The van der Waals surface area contributed by atoms with Crippen LogP contribution in [-0.4, -0.2) is 12.6 Å². The lowest BCUT2D eigenvalue weighted by Gasteiger charge is -2.20. The fraction of sp³-hybridized carbons (Fsp3) is 0.235. The van der Waals surface area contributed by atoms with Crippen molar-refractivity contribution in [3.05, 3.63) is 65.5 Å². The zero-order valence-corrected chi connectivity index (χ0v) is 12.1. The van der Waals surface area contributed by atoms with E-state index >= 15 is 0 Å². The molecule has 0 saturated carbocycles. The quantitative estimate of drug-likeness (QED) is 0.849. The minimum absolute atomic E-state index is 0.301. The molecule has 0 radical (unpaired) electrons. The summed E-state index contributed by atoms with van der Waals surface area (Å²) in [4.78, 5) is 12.2. The van der Waals surface area contributed by atoms with Crippen molar-refractivity contribution in [3.8, 4) is 0 Å². The van der Waals surface area contributed by atoms with Gasteiger partial charge in [0.2, 0.25) is 0 Å². The van der Waals surface area contributed by atoms with Crippen molar-refractivity contribution in [2.45, 2.75) is 19.9 Å². The Balaban J connectivity index is 2.30. The first kappa shape index (κ1) is 15.0. The van der Waals surface area contributed by atoms with E-state index in [0.29, 0.717) is 12.3 Å². The highest BCUT2D eigenvalue weighted by Gasteiger charge is 2.22. The summed E-state index contributed by atoms with van der Waals surface area (Å²) >= 11 is 0. The lowest BCUT2D eigenvalue weighted by atomic mass is 10.1. The molecule has 21 heavy (non-hydrogen) atoms. The maximum absolute atomic E-state index is 13.2. The van der Waals surface area contributed by atoms with Gasteiger partial charge in [0.05, 0.1) is 6.61 Å². The summed E-state index contributed by atoms with van der Waals surface area (Å²) in [7, 11) is 0. The van der Waals surface area contributed by atoms with Crippen LogP contribution >= 0.6 is 0 Å². The molecule has 0 spiro atoms. The van der Waals surface area contributed by atoms with Crippen molar-refractivity contribution < 1.29 is 13.9 Å². The molecule has 2 rings (SSSR count). The Bertz CT molecular complexity index is 613. The molecular weight excluding hydrogens is 269 g/mol. The average molecular weight is 287 g/mol. The van der Waals surface area contributed by atoms with Gasteiger partial charge in [-0.2, -0.15) is 0 Å². The van der Waals surface area contributed by atoms with Crippen molar-refractivity contribution in [1.82, 2.24) is 0 Å². The highest BCUT2D eigenvalue weighted by Crippen LogP contribution is 2.24.